The summed E-state index contributed by atoms with van der Waals surface area (Å²) in [6.07, 6.45) is -3.90. The van der Waals surface area contributed by atoms with Gasteiger partial charge in [0.15, 0.2) is 0 Å². The molecule has 0 fully saturated rings. The molecule has 0 heterocycles. The summed E-state index contributed by atoms with van der Waals surface area (Å²) in [6.45, 7) is 4.85. The van der Waals surface area contributed by atoms with Gasteiger partial charge in [-0.25, -0.2) is 8.42 Å². The first-order valence-corrected chi connectivity index (χ1v) is 13.3. The Labute approximate surface area is 215 Å². The van der Waals surface area contributed by atoms with Gasteiger partial charge in [-0.3, -0.25) is 13.9 Å². The molecule has 0 spiro atoms. The van der Waals surface area contributed by atoms with Crippen molar-refractivity contribution in [3.05, 3.63) is 59.7 Å². The first-order valence-electron chi connectivity index (χ1n) is 11.5. The molecule has 0 radical (unpaired) electrons. The van der Waals surface area contributed by atoms with Crippen LogP contribution in [0.25, 0.3) is 0 Å². The van der Waals surface area contributed by atoms with Crippen LogP contribution < -0.4 is 14.4 Å². The van der Waals surface area contributed by atoms with Gasteiger partial charge in [-0.2, -0.15) is 13.2 Å². The van der Waals surface area contributed by atoms with E-state index in [9.17, 15) is 31.2 Å². The van der Waals surface area contributed by atoms with Crippen LogP contribution in [0.3, 0.4) is 0 Å². The lowest BCUT2D eigenvalue weighted by Crippen LogP contribution is -2.51. The smallest absolute Gasteiger partial charge is 0.416 e. The summed E-state index contributed by atoms with van der Waals surface area (Å²) >= 11 is 0. The lowest BCUT2D eigenvalue weighted by Gasteiger charge is -2.31. The second kappa shape index (κ2) is 12.3. The second-order valence-electron chi connectivity index (χ2n) is 9.00. The number of halogens is 3. The van der Waals surface area contributed by atoms with Gasteiger partial charge in [0, 0.05) is 13.1 Å². The van der Waals surface area contributed by atoms with Crippen molar-refractivity contribution in [1.82, 2.24) is 10.2 Å². The molecule has 0 aliphatic rings. The molecule has 8 nitrogen and oxygen atoms in total. The van der Waals surface area contributed by atoms with E-state index >= 15 is 0 Å². The average molecular weight is 544 g/mol. The van der Waals surface area contributed by atoms with Gasteiger partial charge in [0.25, 0.3) is 0 Å². The Kier molecular flexibility index (Phi) is 9.96. The van der Waals surface area contributed by atoms with Gasteiger partial charge < -0.3 is 15.0 Å². The minimum Gasteiger partial charge on any atom is -0.497 e. The Hall–Kier alpha value is -3.28. The van der Waals surface area contributed by atoms with E-state index in [4.69, 9.17) is 4.74 Å². The summed E-state index contributed by atoms with van der Waals surface area (Å²) < 4.78 is 70.5. The fourth-order valence-electron chi connectivity index (χ4n) is 3.41. The zero-order valence-electron chi connectivity index (χ0n) is 21.4. The first-order chi connectivity index (χ1) is 17.1. The van der Waals surface area contributed by atoms with Crippen LogP contribution >= 0.6 is 0 Å². The molecule has 2 rings (SSSR count). The number of nitrogens with zero attached hydrogens (tertiary/aromatic N) is 2. The van der Waals surface area contributed by atoms with E-state index in [1.807, 2.05) is 13.8 Å². The standard InChI is InChI=1S/C25H32F3N3O5S/c1-17(2)14-29-24(33)18(3)30(15-19-9-11-22(36-4)12-10-19)23(32)16-31(37(5,34)35)21-8-6-7-20(13-21)25(26,27)28/h6-13,17-18H,14-16H2,1-5H3,(H,29,33)/t18-/m0/s1. The van der Waals surface area contributed by atoms with E-state index in [-0.39, 0.29) is 18.2 Å². The number of alkyl halides is 3. The van der Waals surface area contributed by atoms with Gasteiger partial charge in [0.2, 0.25) is 21.8 Å². The highest BCUT2D eigenvalue weighted by molar-refractivity contribution is 7.92. The molecule has 0 aromatic heterocycles. The predicted molar refractivity (Wildman–Crippen MR) is 134 cm³/mol. The van der Waals surface area contributed by atoms with E-state index in [0.29, 0.717) is 28.2 Å². The van der Waals surface area contributed by atoms with Gasteiger partial charge >= 0.3 is 6.18 Å². The Bertz CT molecular complexity index is 1180. The molecular formula is C25H32F3N3O5S. The third-order valence-corrected chi connectivity index (χ3v) is 6.65. The number of methoxy groups -OCH3 is 1. The van der Waals surface area contributed by atoms with Crippen molar-refractivity contribution >= 4 is 27.5 Å². The molecule has 2 aromatic carbocycles. The Morgan fingerprint density at radius 1 is 1.05 bits per heavy atom. The number of anilines is 1. The van der Waals surface area contributed by atoms with Crippen LogP contribution in [-0.4, -0.2) is 57.6 Å². The van der Waals surface area contributed by atoms with Crippen LogP contribution in [-0.2, 0) is 32.3 Å². The molecular weight excluding hydrogens is 511 g/mol. The van der Waals surface area contributed by atoms with E-state index in [1.165, 1.54) is 25.0 Å². The van der Waals surface area contributed by atoms with Crippen LogP contribution in [0.4, 0.5) is 18.9 Å². The third-order valence-electron chi connectivity index (χ3n) is 5.50. The number of rotatable bonds is 11. The van der Waals surface area contributed by atoms with Crippen LogP contribution in [0.2, 0.25) is 0 Å². The molecule has 0 saturated carbocycles. The van der Waals surface area contributed by atoms with Crippen LogP contribution in [0, 0.1) is 5.92 Å². The second-order valence-corrected chi connectivity index (χ2v) is 10.9. The van der Waals surface area contributed by atoms with Crippen molar-refractivity contribution in [2.24, 2.45) is 5.92 Å². The Morgan fingerprint density at radius 2 is 1.68 bits per heavy atom. The molecule has 0 unspecified atom stereocenters. The molecule has 2 amide bonds. The van der Waals surface area contributed by atoms with E-state index < -0.39 is 46.2 Å². The highest BCUT2D eigenvalue weighted by Crippen LogP contribution is 2.32. The Balaban J connectivity index is 2.42. The maximum Gasteiger partial charge on any atom is 0.416 e. The molecule has 12 heteroatoms. The molecule has 1 atom stereocenters. The highest BCUT2D eigenvalue weighted by Gasteiger charge is 2.33. The SMILES string of the molecule is COc1ccc(CN(C(=O)CN(c2cccc(C(F)(F)F)c2)S(C)(=O)=O)[C@@H](C)C(=O)NCC(C)C)cc1. The van der Waals surface area contributed by atoms with E-state index in [0.717, 1.165) is 18.4 Å². The molecule has 0 aliphatic carbocycles. The molecule has 204 valence electrons. The van der Waals surface area contributed by atoms with Gasteiger partial charge in [-0.15, -0.1) is 0 Å². The largest absolute Gasteiger partial charge is 0.497 e. The molecule has 0 saturated heterocycles. The van der Waals surface area contributed by atoms with Crippen LogP contribution in [0.15, 0.2) is 48.5 Å². The van der Waals surface area contributed by atoms with Crippen molar-refractivity contribution in [2.75, 3.05) is 30.8 Å². The van der Waals surface area contributed by atoms with Gasteiger partial charge in [-0.1, -0.05) is 32.0 Å². The molecule has 0 aliphatic heterocycles. The lowest BCUT2D eigenvalue weighted by atomic mass is 10.1. The third kappa shape index (κ3) is 8.66. The summed E-state index contributed by atoms with van der Waals surface area (Å²) in [4.78, 5) is 27.5. The van der Waals surface area contributed by atoms with Gasteiger partial charge in [0.1, 0.15) is 18.3 Å². The quantitative estimate of drug-likeness (QED) is 0.467. The number of hydrogen-bond acceptors (Lipinski definition) is 5. The van der Waals surface area contributed by atoms with Crippen molar-refractivity contribution in [1.29, 1.82) is 0 Å². The average Bonchev–Trinajstić information content (AvgIpc) is 2.82. The van der Waals surface area contributed by atoms with Crippen molar-refractivity contribution < 1.29 is 35.9 Å². The van der Waals surface area contributed by atoms with Gasteiger partial charge in [-0.05, 0) is 48.7 Å². The molecule has 0 bridgehead atoms. The predicted octanol–water partition coefficient (Wildman–Crippen LogP) is 3.67. The van der Waals surface area contributed by atoms with E-state index in [1.54, 1.807) is 24.3 Å². The summed E-state index contributed by atoms with van der Waals surface area (Å²) in [6, 6.07) is 9.46. The minimum atomic E-state index is -4.70. The highest BCUT2D eigenvalue weighted by atomic mass is 32.2. The number of hydrogen-bond donors (Lipinski definition) is 1. The maximum atomic E-state index is 13.5. The number of carbonyl (C=O) groups excluding carboxylic acids is 2. The number of ether oxygens (including phenoxy) is 1. The van der Waals surface area contributed by atoms with Crippen molar-refractivity contribution in [3.63, 3.8) is 0 Å². The summed E-state index contributed by atoms with van der Waals surface area (Å²) in [5.74, 6) is -0.466. The fourth-order valence-corrected chi connectivity index (χ4v) is 4.26. The summed E-state index contributed by atoms with van der Waals surface area (Å²) in [5.41, 5.74) is -0.725. The summed E-state index contributed by atoms with van der Waals surface area (Å²) in [5, 5.41) is 2.75. The van der Waals surface area contributed by atoms with E-state index in [2.05, 4.69) is 5.32 Å². The van der Waals surface area contributed by atoms with Crippen LogP contribution in [0.5, 0.6) is 5.75 Å². The number of sulfonamides is 1. The Morgan fingerprint density at radius 3 is 2.19 bits per heavy atom. The topological polar surface area (TPSA) is 96.0 Å². The zero-order valence-corrected chi connectivity index (χ0v) is 22.2. The lowest BCUT2D eigenvalue weighted by molar-refractivity contribution is -0.139. The monoisotopic (exact) mass is 543 g/mol. The van der Waals surface area contributed by atoms with Crippen LogP contribution in [0.1, 0.15) is 31.9 Å². The molecule has 2 aromatic rings. The minimum absolute atomic E-state index is 0.0424. The van der Waals surface area contributed by atoms with Crippen molar-refractivity contribution in [2.45, 2.75) is 39.5 Å². The molecule has 37 heavy (non-hydrogen) atoms. The number of amides is 2. The maximum absolute atomic E-state index is 13.5. The number of benzene rings is 2. The molecule has 1 N–H and O–H groups in total. The zero-order chi connectivity index (χ0) is 28.0. The fraction of sp³-hybridized carbons (Fsp3) is 0.440. The number of nitrogens with one attached hydrogen (secondary N) is 1. The van der Waals surface area contributed by atoms with Gasteiger partial charge in [0.05, 0.1) is 24.6 Å². The number of carbonyl (C=O) groups is 2. The first kappa shape index (κ1) is 29.9. The summed E-state index contributed by atoms with van der Waals surface area (Å²) in [7, 11) is -2.66. The van der Waals surface area contributed by atoms with Crippen molar-refractivity contribution in [3.8, 4) is 5.75 Å². The normalized spacial score (nSPS) is 12.7.